The first-order valence-electron chi connectivity index (χ1n) is 8.27. The fourth-order valence-corrected chi connectivity index (χ4v) is 2.96. The van der Waals surface area contributed by atoms with E-state index in [4.69, 9.17) is 11.6 Å². The maximum atomic E-state index is 13.2. The number of hydrogen-bond donors (Lipinski definition) is 2. The van der Waals surface area contributed by atoms with Crippen LogP contribution in [0.1, 0.15) is 27.0 Å². The highest BCUT2D eigenvalue weighted by Gasteiger charge is 2.12. The number of aromatic nitrogens is 2. The number of halogens is 2. The molecule has 3 aromatic rings. The third kappa shape index (κ3) is 4.41. The third-order valence-electron chi connectivity index (χ3n) is 4.01. The number of benzene rings is 2. The van der Waals surface area contributed by atoms with Gasteiger partial charge >= 0.3 is 0 Å². The van der Waals surface area contributed by atoms with Crippen molar-refractivity contribution in [3.05, 3.63) is 75.8 Å². The average molecular weight is 385 g/mol. The van der Waals surface area contributed by atoms with Gasteiger partial charge in [-0.2, -0.15) is 0 Å². The molecule has 3 rings (SSSR count). The standard InChI is InChI=1S/C20H18ClFN4O/c1-11-6-12(2)18(13(3)7-11)26-19(27)14-9-23-20(24-10-14)25-15-4-5-17(22)16(21)8-15/h4-10H,1-3H3,(H,26,27)(H,23,24,25). The molecular formula is C20H18ClFN4O. The van der Waals surface area contributed by atoms with E-state index in [-0.39, 0.29) is 16.9 Å². The summed E-state index contributed by atoms with van der Waals surface area (Å²) in [6, 6.07) is 8.23. The maximum Gasteiger partial charge on any atom is 0.258 e. The van der Waals surface area contributed by atoms with Crippen LogP contribution in [-0.4, -0.2) is 15.9 Å². The quantitative estimate of drug-likeness (QED) is 0.649. The summed E-state index contributed by atoms with van der Waals surface area (Å²) >= 11 is 5.75. The lowest BCUT2D eigenvalue weighted by Gasteiger charge is -2.13. The SMILES string of the molecule is Cc1cc(C)c(NC(=O)c2cnc(Nc3ccc(F)c(Cl)c3)nc2)c(C)c1. The summed E-state index contributed by atoms with van der Waals surface area (Å²) in [5, 5.41) is 5.81. The summed E-state index contributed by atoms with van der Waals surface area (Å²) in [4.78, 5) is 20.7. The second-order valence-corrected chi connectivity index (χ2v) is 6.68. The molecular weight excluding hydrogens is 367 g/mol. The molecule has 27 heavy (non-hydrogen) atoms. The molecule has 0 aliphatic carbocycles. The van der Waals surface area contributed by atoms with Crippen molar-refractivity contribution in [2.45, 2.75) is 20.8 Å². The van der Waals surface area contributed by atoms with Crippen molar-refractivity contribution in [3.8, 4) is 0 Å². The third-order valence-corrected chi connectivity index (χ3v) is 4.29. The van der Waals surface area contributed by atoms with E-state index in [0.717, 1.165) is 22.4 Å². The number of aryl methyl sites for hydroxylation is 3. The first-order chi connectivity index (χ1) is 12.8. The normalized spacial score (nSPS) is 10.6. The number of hydrogen-bond acceptors (Lipinski definition) is 4. The van der Waals surface area contributed by atoms with Crippen LogP contribution in [0.4, 0.5) is 21.7 Å². The second-order valence-electron chi connectivity index (χ2n) is 6.28. The van der Waals surface area contributed by atoms with Crippen molar-refractivity contribution in [3.63, 3.8) is 0 Å². The summed E-state index contributed by atoms with van der Waals surface area (Å²) in [5.74, 6) is -0.518. The van der Waals surface area contributed by atoms with Crippen LogP contribution in [0, 0.1) is 26.6 Å². The van der Waals surface area contributed by atoms with Gasteiger partial charge in [-0.05, 0) is 50.1 Å². The Hall–Kier alpha value is -2.99. The van der Waals surface area contributed by atoms with Gasteiger partial charge in [0.15, 0.2) is 0 Å². The molecule has 0 saturated heterocycles. The zero-order valence-corrected chi connectivity index (χ0v) is 15.9. The van der Waals surface area contributed by atoms with Crippen LogP contribution >= 0.6 is 11.6 Å². The molecule has 0 spiro atoms. The Balaban J connectivity index is 1.73. The van der Waals surface area contributed by atoms with Crippen LogP contribution in [0.3, 0.4) is 0 Å². The van der Waals surface area contributed by atoms with Gasteiger partial charge in [0.2, 0.25) is 5.95 Å². The van der Waals surface area contributed by atoms with Gasteiger partial charge in [0.05, 0.1) is 10.6 Å². The van der Waals surface area contributed by atoms with Crippen LogP contribution in [0.2, 0.25) is 5.02 Å². The van der Waals surface area contributed by atoms with E-state index >= 15 is 0 Å². The predicted octanol–water partition coefficient (Wildman–Crippen LogP) is 5.19. The van der Waals surface area contributed by atoms with Gasteiger partial charge in [0, 0.05) is 23.8 Å². The summed E-state index contributed by atoms with van der Waals surface area (Å²) < 4.78 is 13.2. The summed E-state index contributed by atoms with van der Waals surface area (Å²) in [5.41, 5.74) is 4.79. The van der Waals surface area contributed by atoms with Gasteiger partial charge in [-0.25, -0.2) is 14.4 Å². The highest BCUT2D eigenvalue weighted by atomic mass is 35.5. The molecule has 0 radical (unpaired) electrons. The van der Waals surface area contributed by atoms with E-state index < -0.39 is 5.82 Å². The van der Waals surface area contributed by atoms with E-state index in [1.165, 1.54) is 30.6 Å². The van der Waals surface area contributed by atoms with Gasteiger partial charge in [0.25, 0.3) is 5.91 Å². The van der Waals surface area contributed by atoms with Gasteiger partial charge in [0.1, 0.15) is 5.82 Å². The highest BCUT2D eigenvalue weighted by Crippen LogP contribution is 2.23. The molecule has 2 N–H and O–H groups in total. The Labute approximate surface area is 161 Å². The predicted molar refractivity (Wildman–Crippen MR) is 105 cm³/mol. The maximum absolute atomic E-state index is 13.2. The van der Waals surface area contributed by atoms with Gasteiger partial charge < -0.3 is 10.6 Å². The molecule has 0 atom stereocenters. The largest absolute Gasteiger partial charge is 0.324 e. The minimum Gasteiger partial charge on any atom is -0.324 e. The molecule has 1 amide bonds. The van der Waals surface area contributed by atoms with Crippen LogP contribution in [-0.2, 0) is 0 Å². The van der Waals surface area contributed by atoms with Crippen LogP contribution in [0.25, 0.3) is 0 Å². The van der Waals surface area contributed by atoms with Gasteiger partial charge in [-0.15, -0.1) is 0 Å². The van der Waals surface area contributed by atoms with Crippen molar-refractivity contribution >= 4 is 34.8 Å². The molecule has 138 valence electrons. The molecule has 0 fully saturated rings. The average Bonchev–Trinajstić information content (AvgIpc) is 2.61. The zero-order chi connectivity index (χ0) is 19.6. The Kier molecular flexibility index (Phi) is 5.37. The molecule has 2 aromatic carbocycles. The van der Waals surface area contributed by atoms with E-state index in [2.05, 4.69) is 20.6 Å². The van der Waals surface area contributed by atoms with Gasteiger partial charge in [-0.3, -0.25) is 4.79 Å². The molecule has 0 aliphatic rings. The minimum atomic E-state index is -0.503. The fraction of sp³-hybridized carbons (Fsp3) is 0.150. The monoisotopic (exact) mass is 384 g/mol. The number of anilines is 3. The van der Waals surface area contributed by atoms with E-state index in [1.54, 1.807) is 0 Å². The number of rotatable bonds is 4. The first kappa shape index (κ1) is 18.8. The molecule has 7 heteroatoms. The summed E-state index contributed by atoms with van der Waals surface area (Å²) in [6.45, 7) is 5.92. The van der Waals surface area contributed by atoms with Crippen molar-refractivity contribution in [2.24, 2.45) is 0 Å². The minimum absolute atomic E-state index is 0.000152. The lowest BCUT2D eigenvalue weighted by molar-refractivity contribution is 0.102. The van der Waals surface area contributed by atoms with Crippen molar-refractivity contribution in [1.82, 2.24) is 9.97 Å². The summed E-state index contributed by atoms with van der Waals surface area (Å²) in [6.07, 6.45) is 2.85. The lowest BCUT2D eigenvalue weighted by Crippen LogP contribution is -2.15. The Morgan fingerprint density at radius 1 is 1.04 bits per heavy atom. The smallest absolute Gasteiger partial charge is 0.258 e. The van der Waals surface area contributed by atoms with E-state index in [1.807, 2.05) is 32.9 Å². The molecule has 1 heterocycles. The molecule has 0 unspecified atom stereocenters. The molecule has 0 aliphatic heterocycles. The zero-order valence-electron chi connectivity index (χ0n) is 15.1. The number of nitrogens with one attached hydrogen (secondary N) is 2. The second kappa shape index (κ2) is 7.72. The summed E-state index contributed by atoms with van der Waals surface area (Å²) in [7, 11) is 0. The van der Waals surface area contributed by atoms with Crippen molar-refractivity contribution < 1.29 is 9.18 Å². The van der Waals surface area contributed by atoms with Crippen molar-refractivity contribution in [1.29, 1.82) is 0 Å². The van der Waals surface area contributed by atoms with E-state index in [9.17, 15) is 9.18 Å². The molecule has 1 aromatic heterocycles. The number of carbonyl (C=O) groups is 1. The molecule has 5 nitrogen and oxygen atoms in total. The van der Waals surface area contributed by atoms with Crippen molar-refractivity contribution in [2.75, 3.05) is 10.6 Å². The number of amides is 1. The van der Waals surface area contributed by atoms with Gasteiger partial charge in [-0.1, -0.05) is 29.3 Å². The Morgan fingerprint density at radius 3 is 2.26 bits per heavy atom. The Morgan fingerprint density at radius 2 is 1.67 bits per heavy atom. The topological polar surface area (TPSA) is 66.9 Å². The Bertz CT molecular complexity index is 982. The number of nitrogens with zero attached hydrogens (tertiary/aromatic N) is 2. The molecule has 0 saturated carbocycles. The van der Waals surface area contributed by atoms with E-state index in [0.29, 0.717) is 11.3 Å². The highest BCUT2D eigenvalue weighted by molar-refractivity contribution is 6.31. The fourth-order valence-electron chi connectivity index (χ4n) is 2.78. The first-order valence-corrected chi connectivity index (χ1v) is 8.64. The lowest BCUT2D eigenvalue weighted by atomic mass is 10.0. The van der Waals surface area contributed by atoms with Crippen LogP contribution < -0.4 is 10.6 Å². The number of carbonyl (C=O) groups excluding carboxylic acids is 1. The molecule has 0 bridgehead atoms. The van der Waals surface area contributed by atoms with Crippen LogP contribution in [0.15, 0.2) is 42.7 Å². The van der Waals surface area contributed by atoms with Crippen LogP contribution in [0.5, 0.6) is 0 Å².